The molecule has 0 saturated carbocycles. The van der Waals surface area contributed by atoms with Gasteiger partial charge in [-0.2, -0.15) is 0 Å². The van der Waals surface area contributed by atoms with Gasteiger partial charge >= 0.3 is 0 Å². The molecule has 0 saturated heterocycles. The van der Waals surface area contributed by atoms with E-state index >= 15 is 0 Å². The van der Waals surface area contributed by atoms with E-state index in [9.17, 15) is 14.9 Å². The van der Waals surface area contributed by atoms with E-state index in [0.29, 0.717) is 45.2 Å². The average Bonchev–Trinajstić information content (AvgIpc) is 2.72. The number of nitrogens with zero attached hydrogens (tertiary/aromatic N) is 3. The molecule has 0 atom stereocenters. The van der Waals surface area contributed by atoms with Crippen molar-refractivity contribution in [2.45, 2.75) is 31.0 Å². The number of nitro groups is 1. The fourth-order valence-corrected chi connectivity index (χ4v) is 4.59. The van der Waals surface area contributed by atoms with E-state index in [4.69, 9.17) is 9.47 Å². The Labute approximate surface area is 178 Å². The van der Waals surface area contributed by atoms with Gasteiger partial charge in [-0.25, -0.2) is 4.98 Å². The van der Waals surface area contributed by atoms with E-state index in [0.717, 1.165) is 4.47 Å². The Morgan fingerprint density at radius 2 is 2.17 bits per heavy atom. The molecule has 3 aromatic rings. The highest BCUT2D eigenvalue weighted by Crippen LogP contribution is 2.36. The normalized spacial score (nSPS) is 13.2. The summed E-state index contributed by atoms with van der Waals surface area (Å²) in [6.07, 6.45) is 0. The van der Waals surface area contributed by atoms with Crippen molar-refractivity contribution in [2.75, 3.05) is 6.79 Å². The number of aromatic nitrogens is 2. The zero-order valence-corrected chi connectivity index (χ0v) is 17.8. The number of thioether (sulfide) groups is 1. The van der Waals surface area contributed by atoms with Crippen LogP contribution >= 0.6 is 27.7 Å². The highest BCUT2D eigenvalue weighted by atomic mass is 79.9. The SMILES string of the molecule is CCn1c(SCc2cc([N+](=O)[O-])cc3c2OCOC3)nc2ccc(Br)cc2c1=O. The molecule has 2 heterocycles. The number of hydrogen-bond donors (Lipinski definition) is 0. The summed E-state index contributed by atoms with van der Waals surface area (Å²) in [4.78, 5) is 28.4. The Hall–Kier alpha value is -2.43. The third kappa shape index (κ3) is 3.87. The Balaban J connectivity index is 1.73. The summed E-state index contributed by atoms with van der Waals surface area (Å²) in [7, 11) is 0. The van der Waals surface area contributed by atoms with Crippen LogP contribution in [0.5, 0.6) is 5.75 Å². The third-order valence-corrected chi connectivity index (χ3v) is 6.06. The lowest BCUT2D eigenvalue weighted by Crippen LogP contribution is -2.22. The molecule has 1 aromatic heterocycles. The predicted octanol–water partition coefficient (Wildman–Crippen LogP) is 4.25. The zero-order valence-electron chi connectivity index (χ0n) is 15.4. The van der Waals surface area contributed by atoms with Crippen LogP contribution in [0.15, 0.2) is 44.8 Å². The predicted molar refractivity (Wildman–Crippen MR) is 112 cm³/mol. The summed E-state index contributed by atoms with van der Waals surface area (Å²) < 4.78 is 13.3. The molecule has 0 spiro atoms. The minimum atomic E-state index is -0.433. The molecule has 29 heavy (non-hydrogen) atoms. The lowest BCUT2D eigenvalue weighted by atomic mass is 10.1. The van der Waals surface area contributed by atoms with Crippen LogP contribution < -0.4 is 10.3 Å². The molecule has 0 N–H and O–H groups in total. The molecule has 0 amide bonds. The van der Waals surface area contributed by atoms with Crippen molar-refractivity contribution in [3.63, 3.8) is 0 Å². The summed E-state index contributed by atoms with van der Waals surface area (Å²) in [6.45, 7) is 2.71. The van der Waals surface area contributed by atoms with E-state index in [1.807, 2.05) is 13.0 Å². The van der Waals surface area contributed by atoms with Crippen molar-refractivity contribution in [3.8, 4) is 5.75 Å². The standard InChI is InChI=1S/C19H16BrN3O5S/c1-2-22-18(24)15-7-13(20)3-4-16(15)21-19(22)29-9-12-6-14(23(25)26)5-11-8-27-10-28-17(11)12/h3-7H,2,8-10H2,1H3. The highest BCUT2D eigenvalue weighted by Gasteiger charge is 2.22. The molecule has 10 heteroatoms. The fraction of sp³-hybridized carbons (Fsp3) is 0.263. The molecular formula is C19H16BrN3O5S. The second-order valence-corrected chi connectivity index (χ2v) is 8.21. The zero-order chi connectivity index (χ0) is 20.5. The summed E-state index contributed by atoms with van der Waals surface area (Å²) in [5.74, 6) is 0.975. The summed E-state index contributed by atoms with van der Waals surface area (Å²) in [6, 6.07) is 8.36. The number of ether oxygens (including phenoxy) is 2. The summed E-state index contributed by atoms with van der Waals surface area (Å²) >= 11 is 4.73. The minimum Gasteiger partial charge on any atom is -0.467 e. The Morgan fingerprint density at radius 3 is 2.93 bits per heavy atom. The topological polar surface area (TPSA) is 96.5 Å². The van der Waals surface area contributed by atoms with Gasteiger partial charge in [0.25, 0.3) is 11.2 Å². The van der Waals surface area contributed by atoms with Gasteiger partial charge in [0.05, 0.1) is 22.4 Å². The van der Waals surface area contributed by atoms with E-state index < -0.39 is 4.92 Å². The van der Waals surface area contributed by atoms with E-state index in [1.165, 1.54) is 23.9 Å². The Morgan fingerprint density at radius 1 is 1.34 bits per heavy atom. The Bertz CT molecular complexity index is 1180. The van der Waals surface area contributed by atoms with Gasteiger partial charge in [0, 0.05) is 40.0 Å². The number of fused-ring (bicyclic) bond motifs is 2. The van der Waals surface area contributed by atoms with Crippen LogP contribution in [0.1, 0.15) is 18.1 Å². The molecule has 1 aliphatic rings. The number of halogens is 1. The molecule has 1 aliphatic heterocycles. The molecule has 0 fully saturated rings. The van der Waals surface area contributed by atoms with Gasteiger partial charge in [-0.15, -0.1) is 0 Å². The first kappa shape index (κ1) is 19.9. The second-order valence-electron chi connectivity index (χ2n) is 6.35. The quantitative estimate of drug-likeness (QED) is 0.234. The molecule has 150 valence electrons. The van der Waals surface area contributed by atoms with Crippen LogP contribution in [0, 0.1) is 10.1 Å². The number of nitro benzene ring substituents is 1. The first-order chi connectivity index (χ1) is 14.0. The fourth-order valence-electron chi connectivity index (χ4n) is 3.20. The monoisotopic (exact) mass is 477 g/mol. The second kappa shape index (κ2) is 8.13. The first-order valence-electron chi connectivity index (χ1n) is 8.81. The van der Waals surface area contributed by atoms with Gasteiger partial charge < -0.3 is 9.47 Å². The average molecular weight is 478 g/mol. The number of rotatable bonds is 5. The van der Waals surface area contributed by atoms with E-state index in [-0.39, 0.29) is 24.6 Å². The van der Waals surface area contributed by atoms with E-state index in [2.05, 4.69) is 20.9 Å². The molecular weight excluding hydrogens is 462 g/mol. The molecule has 8 nitrogen and oxygen atoms in total. The Kier molecular flexibility index (Phi) is 5.57. The van der Waals surface area contributed by atoms with Gasteiger partial charge in [-0.05, 0) is 25.1 Å². The largest absolute Gasteiger partial charge is 0.467 e. The summed E-state index contributed by atoms with van der Waals surface area (Å²) in [5.41, 5.74) is 1.79. The maximum absolute atomic E-state index is 12.9. The van der Waals surface area contributed by atoms with Crippen LogP contribution in [0.25, 0.3) is 10.9 Å². The third-order valence-electron chi connectivity index (χ3n) is 4.54. The van der Waals surface area contributed by atoms with Gasteiger partial charge in [0.1, 0.15) is 5.75 Å². The van der Waals surface area contributed by atoms with Gasteiger partial charge in [0.2, 0.25) is 0 Å². The smallest absolute Gasteiger partial charge is 0.270 e. The number of benzene rings is 2. The van der Waals surface area contributed by atoms with Crippen molar-refractivity contribution in [3.05, 3.63) is 66.4 Å². The maximum Gasteiger partial charge on any atom is 0.270 e. The van der Waals surface area contributed by atoms with Crippen LogP contribution in [0.4, 0.5) is 5.69 Å². The molecule has 0 unspecified atom stereocenters. The molecule has 0 radical (unpaired) electrons. The van der Waals surface area contributed by atoms with E-state index in [1.54, 1.807) is 16.7 Å². The lowest BCUT2D eigenvalue weighted by Gasteiger charge is -2.20. The van der Waals surface area contributed by atoms with Crippen molar-refractivity contribution < 1.29 is 14.4 Å². The minimum absolute atomic E-state index is 0.0161. The van der Waals surface area contributed by atoms with Crippen molar-refractivity contribution in [1.29, 1.82) is 0 Å². The summed E-state index contributed by atoms with van der Waals surface area (Å²) in [5, 5.41) is 12.4. The number of non-ortho nitro benzene ring substituents is 1. The van der Waals surface area contributed by atoms with Gasteiger partial charge in [0.15, 0.2) is 11.9 Å². The molecule has 0 bridgehead atoms. The molecule has 0 aliphatic carbocycles. The maximum atomic E-state index is 12.9. The van der Waals surface area contributed by atoms with Gasteiger partial charge in [-0.3, -0.25) is 19.5 Å². The van der Waals surface area contributed by atoms with Crippen LogP contribution in [0.2, 0.25) is 0 Å². The van der Waals surface area contributed by atoms with Crippen LogP contribution in [-0.2, 0) is 23.6 Å². The van der Waals surface area contributed by atoms with Crippen LogP contribution in [0.3, 0.4) is 0 Å². The van der Waals surface area contributed by atoms with Gasteiger partial charge in [-0.1, -0.05) is 27.7 Å². The number of hydrogen-bond acceptors (Lipinski definition) is 7. The molecule has 4 rings (SSSR count). The first-order valence-corrected chi connectivity index (χ1v) is 10.6. The van der Waals surface area contributed by atoms with Crippen LogP contribution in [-0.4, -0.2) is 21.3 Å². The van der Waals surface area contributed by atoms with Crippen molar-refractivity contribution in [2.24, 2.45) is 0 Å². The van der Waals surface area contributed by atoms with Crippen molar-refractivity contribution >= 4 is 44.3 Å². The molecule has 2 aromatic carbocycles. The lowest BCUT2D eigenvalue weighted by molar-refractivity contribution is -0.385. The highest BCUT2D eigenvalue weighted by molar-refractivity contribution is 9.10. The van der Waals surface area contributed by atoms with Crippen molar-refractivity contribution in [1.82, 2.24) is 9.55 Å².